The molecule has 140 valence electrons. The Balaban J connectivity index is 0.00000176. The number of aromatic nitrogens is 1. The van der Waals surface area contributed by atoms with Gasteiger partial charge in [-0.15, -0.1) is 0 Å². The van der Waals surface area contributed by atoms with Crippen LogP contribution in [0.3, 0.4) is 0 Å². The topological polar surface area (TPSA) is 75.3 Å². The number of nitrogens with zero attached hydrogens (tertiary/aromatic N) is 2. The first-order valence-corrected chi connectivity index (χ1v) is 11.5. The molecule has 0 saturated carbocycles. The third-order valence-electron chi connectivity index (χ3n) is 3.62. The van der Waals surface area contributed by atoms with Crippen molar-refractivity contribution in [2.45, 2.75) is 34.1 Å². The van der Waals surface area contributed by atoms with Crippen molar-refractivity contribution in [3.05, 3.63) is 59.4 Å². The minimum atomic E-state index is 0.137. The molecule has 0 atom stereocenters. The number of para-hydroxylation sites is 1. The summed E-state index contributed by atoms with van der Waals surface area (Å²) in [5, 5.41) is 5.26. The molecule has 5 nitrogen and oxygen atoms in total. The molecule has 0 saturated heterocycles. The zero-order valence-corrected chi connectivity index (χ0v) is 21.6. The number of hydrogen-bond donors (Lipinski definition) is 3. The second-order valence-electron chi connectivity index (χ2n) is 5.46. The van der Waals surface area contributed by atoms with Crippen LogP contribution in [0, 0.1) is 0 Å². The van der Waals surface area contributed by atoms with Crippen LogP contribution in [0.1, 0.15) is 45.4 Å². The second-order valence-corrected chi connectivity index (χ2v) is 7.19. The summed E-state index contributed by atoms with van der Waals surface area (Å²) in [7, 11) is 0. The Labute approximate surface area is 183 Å². The Morgan fingerprint density at radius 1 is 1.33 bits per heavy atom. The number of hydrogen-bond acceptors (Lipinski definition) is 4. The van der Waals surface area contributed by atoms with Crippen LogP contribution >= 0.6 is 12.2 Å². The molecule has 0 unspecified atom stereocenters. The maximum atomic E-state index is 5.43. The molecule has 0 aliphatic rings. The molecule has 27 heavy (non-hydrogen) atoms. The van der Waals surface area contributed by atoms with Gasteiger partial charge in [0, 0.05) is 0 Å². The average molecular weight is 573 g/mol. The Bertz CT molecular complexity index is 859. The SMILES string of the molecule is CC.CC/C(C)=C/C(=C\[NH][Tl])c1cc(/C=N/NC(N)=S)c2ccccc2n1. The Kier molecular flexibility index (Phi) is 10.8. The summed E-state index contributed by atoms with van der Waals surface area (Å²) in [6.45, 7) is 8.27. The van der Waals surface area contributed by atoms with E-state index in [0.29, 0.717) is 26.1 Å². The summed E-state index contributed by atoms with van der Waals surface area (Å²) in [4.78, 5) is 4.82. The molecule has 0 amide bonds. The predicted molar refractivity (Wildman–Crippen MR) is 122 cm³/mol. The van der Waals surface area contributed by atoms with Gasteiger partial charge < -0.3 is 0 Å². The molecule has 2 rings (SSSR count). The first-order chi connectivity index (χ1) is 13.0. The van der Waals surface area contributed by atoms with Gasteiger partial charge in [0.25, 0.3) is 0 Å². The summed E-state index contributed by atoms with van der Waals surface area (Å²) in [5.41, 5.74) is 13.2. The van der Waals surface area contributed by atoms with E-state index in [0.717, 1.165) is 34.2 Å². The van der Waals surface area contributed by atoms with Gasteiger partial charge in [-0.3, -0.25) is 0 Å². The van der Waals surface area contributed by atoms with E-state index in [2.05, 4.69) is 33.6 Å². The monoisotopic (exact) mass is 573 g/mol. The normalized spacial score (nSPS) is 11.8. The van der Waals surface area contributed by atoms with Gasteiger partial charge in [-0.25, -0.2) is 0 Å². The number of benzene rings is 1. The second kappa shape index (κ2) is 12.6. The first kappa shape index (κ1) is 23.2. The van der Waals surface area contributed by atoms with E-state index >= 15 is 0 Å². The molecule has 1 heterocycles. The van der Waals surface area contributed by atoms with E-state index in [1.54, 1.807) is 6.21 Å². The number of hydrazone groups is 1. The maximum absolute atomic E-state index is 5.43. The van der Waals surface area contributed by atoms with Crippen LogP contribution < -0.4 is 14.3 Å². The standard InChI is InChI=1S/C18H21N5S.C2H6.Tl/c1-3-12(2)8-13(10-19)17-9-14(11-21-23-18(20)24)15-6-4-5-7-16(15)22-17;1-2;/h4-11H,3H2,1-2H3,(H5,19,20,22,23,24);1-2H3;/q;;+1/p-1/b12-8+;;. The molecule has 0 aliphatic carbocycles. The molecule has 0 aliphatic heterocycles. The predicted octanol–water partition coefficient (Wildman–Crippen LogP) is 3.80. The number of nitrogens with two attached hydrogens (primary N) is 1. The van der Waals surface area contributed by atoms with E-state index in [1.807, 2.05) is 50.4 Å². The minimum absolute atomic E-state index is 0.137. The molecule has 1 aromatic heterocycles. The molecular weight excluding hydrogens is 547 g/mol. The van der Waals surface area contributed by atoms with Crippen LogP contribution in [-0.2, 0) is 0 Å². The van der Waals surface area contributed by atoms with Crippen molar-refractivity contribution in [1.82, 2.24) is 13.5 Å². The molecule has 0 fully saturated rings. The van der Waals surface area contributed by atoms with Crippen LogP contribution in [0.2, 0.25) is 0 Å². The molecule has 0 radical (unpaired) electrons. The van der Waals surface area contributed by atoms with E-state index in [-0.39, 0.29) is 5.11 Å². The summed E-state index contributed by atoms with van der Waals surface area (Å²) in [6, 6.07) is 10.0. The number of rotatable bonds is 6. The van der Waals surface area contributed by atoms with Gasteiger partial charge in [-0.2, -0.15) is 0 Å². The zero-order chi connectivity index (χ0) is 20.2. The van der Waals surface area contributed by atoms with Gasteiger partial charge in [0.1, 0.15) is 0 Å². The molecule has 7 heteroatoms. The Morgan fingerprint density at radius 2 is 2.04 bits per heavy atom. The number of fused-ring (bicyclic) bond motifs is 1. The van der Waals surface area contributed by atoms with Crippen molar-refractivity contribution < 1.29 is 0 Å². The zero-order valence-electron chi connectivity index (χ0n) is 16.3. The van der Waals surface area contributed by atoms with Crippen molar-refractivity contribution in [1.29, 1.82) is 0 Å². The van der Waals surface area contributed by atoms with E-state index in [4.69, 9.17) is 22.9 Å². The van der Waals surface area contributed by atoms with Gasteiger partial charge in [0.2, 0.25) is 0 Å². The molecule has 1 aromatic carbocycles. The first-order valence-electron chi connectivity index (χ1n) is 8.87. The fourth-order valence-corrected chi connectivity index (χ4v) is 3.02. The van der Waals surface area contributed by atoms with E-state index < -0.39 is 0 Å². The van der Waals surface area contributed by atoms with Gasteiger partial charge >= 0.3 is 170 Å². The van der Waals surface area contributed by atoms with Crippen molar-refractivity contribution in [3.63, 3.8) is 0 Å². The number of thiocarbonyl (C=S) groups is 1. The molecule has 0 spiro atoms. The number of allylic oxidation sites excluding steroid dienone is 3. The summed E-state index contributed by atoms with van der Waals surface area (Å²) >= 11 is 5.46. The fourth-order valence-electron chi connectivity index (χ4n) is 2.27. The van der Waals surface area contributed by atoms with Gasteiger partial charge in [0.15, 0.2) is 0 Å². The Morgan fingerprint density at radius 3 is 2.67 bits per heavy atom. The fraction of sp³-hybridized carbons (Fsp3) is 0.250. The van der Waals surface area contributed by atoms with Crippen LogP contribution in [0.25, 0.3) is 16.5 Å². The van der Waals surface area contributed by atoms with E-state index in [1.165, 1.54) is 5.57 Å². The summed E-state index contributed by atoms with van der Waals surface area (Å²) in [6.07, 6.45) is 6.91. The number of pyridine rings is 1. The van der Waals surface area contributed by atoms with Crippen molar-refractivity contribution in [2.24, 2.45) is 10.8 Å². The Hall–Kier alpha value is -1.81. The van der Waals surface area contributed by atoms with Crippen molar-refractivity contribution in [2.75, 3.05) is 0 Å². The number of nitrogens with one attached hydrogen (secondary N) is 2. The molecule has 0 bridgehead atoms. The molecule has 2 aromatic rings. The quantitative estimate of drug-likeness (QED) is 0.161. The van der Waals surface area contributed by atoms with E-state index in [9.17, 15) is 0 Å². The van der Waals surface area contributed by atoms with Gasteiger partial charge in [0.05, 0.1) is 0 Å². The van der Waals surface area contributed by atoms with Gasteiger partial charge in [-0.1, -0.05) is 13.8 Å². The van der Waals surface area contributed by atoms with Crippen LogP contribution in [0.15, 0.2) is 53.3 Å². The third-order valence-corrected chi connectivity index (χ3v) is 4.36. The van der Waals surface area contributed by atoms with Crippen LogP contribution in [0.5, 0.6) is 0 Å². The van der Waals surface area contributed by atoms with Gasteiger partial charge in [-0.05, 0) is 0 Å². The van der Waals surface area contributed by atoms with Crippen LogP contribution in [0.4, 0.5) is 0 Å². The average Bonchev–Trinajstić information content (AvgIpc) is 2.68. The summed E-state index contributed by atoms with van der Waals surface area (Å²) < 4.78 is 3.26. The molecule has 4 N–H and O–H groups in total. The summed E-state index contributed by atoms with van der Waals surface area (Å²) in [5.74, 6) is 0. The van der Waals surface area contributed by atoms with Crippen LogP contribution in [-0.4, -0.2) is 42.4 Å². The van der Waals surface area contributed by atoms with Crippen molar-refractivity contribution in [3.8, 4) is 0 Å². The molecular formula is C20H26N5STl. The third kappa shape index (κ3) is 7.38. The van der Waals surface area contributed by atoms with Crippen molar-refractivity contribution >= 4 is 66.1 Å².